The number of nitrogens with zero attached hydrogens (tertiary/aromatic N) is 2. The van der Waals surface area contributed by atoms with Crippen LogP contribution < -0.4 is 5.73 Å². The molecule has 1 amide bonds. The molecule has 4 nitrogen and oxygen atoms in total. The maximum Gasteiger partial charge on any atom is 0.227 e. The fourth-order valence-electron chi connectivity index (χ4n) is 2.95. The Morgan fingerprint density at radius 3 is 2.93 bits per heavy atom. The van der Waals surface area contributed by atoms with Crippen LogP contribution in [0.25, 0.3) is 0 Å². The van der Waals surface area contributed by atoms with Crippen molar-refractivity contribution >= 4 is 5.91 Å². The average molecular weight is 211 g/mol. The molecule has 2 heterocycles. The monoisotopic (exact) mass is 211 g/mol. The normalized spacial score (nSPS) is 32.9. The molecule has 2 aliphatic rings. The molecule has 2 saturated heterocycles. The second-order valence-electron chi connectivity index (χ2n) is 4.70. The number of amides is 1. The molecule has 2 atom stereocenters. The lowest BCUT2D eigenvalue weighted by Gasteiger charge is -2.45. The predicted molar refractivity (Wildman–Crippen MR) is 59.4 cm³/mol. The van der Waals surface area contributed by atoms with Gasteiger partial charge >= 0.3 is 0 Å². The zero-order valence-electron chi connectivity index (χ0n) is 9.48. The minimum absolute atomic E-state index is 0.240. The molecule has 4 heteroatoms. The fraction of sp³-hybridized carbons (Fsp3) is 0.909. The van der Waals surface area contributed by atoms with Gasteiger partial charge in [0, 0.05) is 25.7 Å². The van der Waals surface area contributed by atoms with Gasteiger partial charge in [-0.1, -0.05) is 0 Å². The van der Waals surface area contributed by atoms with E-state index in [1.54, 1.807) is 0 Å². The van der Waals surface area contributed by atoms with Gasteiger partial charge in [0.2, 0.25) is 5.91 Å². The molecule has 0 spiro atoms. The van der Waals surface area contributed by atoms with Crippen LogP contribution in [0.4, 0.5) is 0 Å². The van der Waals surface area contributed by atoms with Crippen LogP contribution in [-0.4, -0.2) is 55.0 Å². The van der Waals surface area contributed by atoms with Gasteiger partial charge in [0.1, 0.15) is 0 Å². The highest BCUT2D eigenvalue weighted by Crippen LogP contribution is 2.30. The zero-order valence-corrected chi connectivity index (χ0v) is 9.48. The van der Waals surface area contributed by atoms with E-state index in [1.807, 2.05) is 4.90 Å². The van der Waals surface area contributed by atoms with Crippen molar-refractivity contribution in [1.29, 1.82) is 0 Å². The van der Waals surface area contributed by atoms with E-state index < -0.39 is 0 Å². The molecule has 2 fully saturated rings. The summed E-state index contributed by atoms with van der Waals surface area (Å²) >= 11 is 0. The third-order valence-corrected chi connectivity index (χ3v) is 3.78. The number of carbonyl (C=O) groups excluding carboxylic acids is 1. The first-order chi connectivity index (χ1) is 7.24. The van der Waals surface area contributed by atoms with Crippen molar-refractivity contribution in [2.75, 3.05) is 33.2 Å². The van der Waals surface area contributed by atoms with Crippen LogP contribution in [0, 0.1) is 5.92 Å². The van der Waals surface area contributed by atoms with Gasteiger partial charge in [0.05, 0.1) is 5.92 Å². The second-order valence-corrected chi connectivity index (χ2v) is 4.70. The van der Waals surface area contributed by atoms with Crippen molar-refractivity contribution in [3.05, 3.63) is 0 Å². The van der Waals surface area contributed by atoms with Gasteiger partial charge in [-0.15, -0.1) is 0 Å². The van der Waals surface area contributed by atoms with E-state index in [-0.39, 0.29) is 5.92 Å². The first-order valence-corrected chi connectivity index (χ1v) is 5.93. The number of likely N-dealkylation sites (tertiary alicyclic amines) is 2. The lowest BCUT2D eigenvalue weighted by Crippen LogP contribution is -2.56. The van der Waals surface area contributed by atoms with E-state index in [0.29, 0.717) is 18.5 Å². The highest BCUT2D eigenvalue weighted by Gasteiger charge is 2.39. The van der Waals surface area contributed by atoms with Crippen LogP contribution in [-0.2, 0) is 4.79 Å². The maximum absolute atomic E-state index is 12.1. The Morgan fingerprint density at radius 1 is 1.40 bits per heavy atom. The van der Waals surface area contributed by atoms with Gasteiger partial charge < -0.3 is 15.5 Å². The van der Waals surface area contributed by atoms with Gasteiger partial charge in [-0.2, -0.15) is 0 Å². The summed E-state index contributed by atoms with van der Waals surface area (Å²) in [6.07, 6.45) is 3.34. The Morgan fingerprint density at radius 2 is 2.20 bits per heavy atom. The van der Waals surface area contributed by atoms with E-state index in [2.05, 4.69) is 11.9 Å². The summed E-state index contributed by atoms with van der Waals surface area (Å²) in [6, 6.07) is 0.486. The first-order valence-electron chi connectivity index (χ1n) is 5.93. The van der Waals surface area contributed by atoms with Gasteiger partial charge in [0.15, 0.2) is 0 Å². The number of hydrogen-bond donors (Lipinski definition) is 1. The van der Waals surface area contributed by atoms with Crippen molar-refractivity contribution in [1.82, 2.24) is 9.80 Å². The van der Waals surface area contributed by atoms with E-state index in [0.717, 1.165) is 38.9 Å². The summed E-state index contributed by atoms with van der Waals surface area (Å²) in [5.74, 6) is 0.576. The van der Waals surface area contributed by atoms with Gasteiger partial charge in [-0.3, -0.25) is 4.79 Å². The number of carbonyl (C=O) groups is 1. The summed E-state index contributed by atoms with van der Waals surface area (Å²) in [5, 5.41) is 0. The van der Waals surface area contributed by atoms with Crippen molar-refractivity contribution in [2.24, 2.45) is 11.7 Å². The van der Waals surface area contributed by atoms with E-state index in [4.69, 9.17) is 5.73 Å². The Labute approximate surface area is 91.4 Å². The number of rotatable bonds is 2. The Hall–Kier alpha value is -0.610. The number of piperidine rings is 2. The molecule has 0 unspecified atom stereocenters. The predicted octanol–water partition coefficient (Wildman–Crippen LogP) is -0.112. The summed E-state index contributed by atoms with van der Waals surface area (Å²) in [5.41, 5.74) is 5.51. The quantitative estimate of drug-likeness (QED) is 0.693. The molecule has 0 aromatic heterocycles. The molecule has 86 valence electrons. The maximum atomic E-state index is 12.1. The SMILES string of the molecule is CN1CCC[C@H]2C(=O)N(CCN)CC[C@@H]21. The summed E-state index contributed by atoms with van der Waals surface area (Å²) in [7, 11) is 2.14. The van der Waals surface area contributed by atoms with E-state index >= 15 is 0 Å². The molecule has 2 rings (SSSR count). The van der Waals surface area contributed by atoms with Gasteiger partial charge in [0.25, 0.3) is 0 Å². The number of fused-ring (bicyclic) bond motifs is 1. The van der Waals surface area contributed by atoms with Crippen molar-refractivity contribution in [2.45, 2.75) is 25.3 Å². The van der Waals surface area contributed by atoms with E-state index in [1.165, 1.54) is 0 Å². The van der Waals surface area contributed by atoms with Crippen molar-refractivity contribution in [3.8, 4) is 0 Å². The van der Waals surface area contributed by atoms with Crippen molar-refractivity contribution < 1.29 is 4.79 Å². The smallest absolute Gasteiger partial charge is 0.227 e. The summed E-state index contributed by atoms with van der Waals surface area (Å²) < 4.78 is 0. The van der Waals surface area contributed by atoms with E-state index in [9.17, 15) is 4.79 Å². The molecule has 0 aromatic rings. The average Bonchev–Trinajstić information content (AvgIpc) is 2.23. The zero-order chi connectivity index (χ0) is 10.8. The second kappa shape index (κ2) is 4.49. The standard InChI is InChI=1S/C11H21N3O/c1-13-6-2-3-9-10(13)4-7-14(8-5-12)11(9)15/h9-10H,2-8,12H2,1H3/t9-,10+/m1/s1. The molecular weight excluding hydrogens is 190 g/mol. The molecule has 0 bridgehead atoms. The Kier molecular flexibility index (Phi) is 3.26. The molecular formula is C11H21N3O. The molecule has 0 saturated carbocycles. The molecule has 0 aliphatic carbocycles. The lowest BCUT2D eigenvalue weighted by molar-refractivity contribution is -0.143. The highest BCUT2D eigenvalue weighted by atomic mass is 16.2. The summed E-state index contributed by atoms with van der Waals surface area (Å²) in [6.45, 7) is 3.34. The highest BCUT2D eigenvalue weighted by molar-refractivity contribution is 5.80. The lowest BCUT2D eigenvalue weighted by atomic mass is 9.83. The topological polar surface area (TPSA) is 49.6 Å². The van der Waals surface area contributed by atoms with Crippen LogP contribution in [0.1, 0.15) is 19.3 Å². The Balaban J connectivity index is 2.04. The van der Waals surface area contributed by atoms with Crippen LogP contribution in [0.3, 0.4) is 0 Å². The summed E-state index contributed by atoms with van der Waals surface area (Å²) in [4.78, 5) is 16.4. The minimum Gasteiger partial charge on any atom is -0.341 e. The van der Waals surface area contributed by atoms with Crippen molar-refractivity contribution in [3.63, 3.8) is 0 Å². The number of nitrogens with two attached hydrogens (primary N) is 1. The third kappa shape index (κ3) is 2.01. The van der Waals surface area contributed by atoms with Gasteiger partial charge in [-0.25, -0.2) is 0 Å². The van der Waals surface area contributed by atoms with Crippen LogP contribution >= 0.6 is 0 Å². The van der Waals surface area contributed by atoms with Crippen LogP contribution in [0.5, 0.6) is 0 Å². The van der Waals surface area contributed by atoms with Crippen LogP contribution in [0.15, 0.2) is 0 Å². The van der Waals surface area contributed by atoms with Gasteiger partial charge in [-0.05, 0) is 32.9 Å². The van der Waals surface area contributed by atoms with Crippen LogP contribution in [0.2, 0.25) is 0 Å². The Bertz CT molecular complexity index is 244. The minimum atomic E-state index is 0.240. The molecule has 2 N–H and O–H groups in total. The number of hydrogen-bond acceptors (Lipinski definition) is 3. The molecule has 0 radical (unpaired) electrons. The molecule has 15 heavy (non-hydrogen) atoms. The fourth-order valence-corrected chi connectivity index (χ4v) is 2.95. The largest absolute Gasteiger partial charge is 0.341 e. The first kappa shape index (κ1) is 10.9. The third-order valence-electron chi connectivity index (χ3n) is 3.78. The molecule has 0 aromatic carbocycles. The molecule has 2 aliphatic heterocycles.